The van der Waals surface area contributed by atoms with Crippen molar-refractivity contribution in [3.8, 4) is 28.5 Å². The largest absolute Gasteiger partial charge is 0.383 e. The molecule has 0 saturated heterocycles. The quantitative estimate of drug-likeness (QED) is 0.400. The van der Waals surface area contributed by atoms with E-state index in [1.54, 1.807) is 0 Å². The van der Waals surface area contributed by atoms with Crippen molar-refractivity contribution in [2.24, 2.45) is 0 Å². The SMILES string of the molecule is N#Cc1c(N)nc2c(c1-c1cn(Cc3ccc(Br)cc3)nc1-c1ccccc1)CCCC2. The maximum absolute atomic E-state index is 9.99. The molecule has 0 radical (unpaired) electrons. The molecule has 2 heterocycles. The predicted octanol–water partition coefficient (Wildman–Crippen LogP) is 5.76. The summed E-state index contributed by atoms with van der Waals surface area (Å²) in [6, 6.07) is 20.7. The van der Waals surface area contributed by atoms with Gasteiger partial charge in [-0.05, 0) is 48.9 Å². The van der Waals surface area contributed by atoms with Crippen LogP contribution in [-0.4, -0.2) is 14.8 Å². The summed E-state index contributed by atoms with van der Waals surface area (Å²) < 4.78 is 3.00. The standard InChI is InChI=1S/C26H22BrN5/c27-19-12-10-17(11-13-19)15-32-16-22(25(31-32)18-6-2-1-3-7-18)24-20-8-4-5-9-23(20)30-26(29)21(24)14-28/h1-3,6-7,10-13,16H,4-5,8-9,15H2,(H2,29,30). The van der Waals surface area contributed by atoms with Crippen LogP contribution in [0.25, 0.3) is 22.4 Å². The smallest absolute Gasteiger partial charge is 0.142 e. The lowest BCUT2D eigenvalue weighted by Gasteiger charge is -2.20. The maximum atomic E-state index is 9.99. The highest BCUT2D eigenvalue weighted by Crippen LogP contribution is 2.40. The van der Waals surface area contributed by atoms with Gasteiger partial charge in [-0.2, -0.15) is 10.4 Å². The molecule has 2 N–H and O–H groups in total. The number of fused-ring (bicyclic) bond motifs is 1. The molecule has 5 rings (SSSR count). The van der Waals surface area contributed by atoms with Crippen molar-refractivity contribution in [2.75, 3.05) is 5.73 Å². The van der Waals surface area contributed by atoms with E-state index in [1.165, 1.54) is 0 Å². The number of nitrogens with zero attached hydrogens (tertiary/aromatic N) is 4. The topological polar surface area (TPSA) is 80.5 Å². The van der Waals surface area contributed by atoms with Crippen LogP contribution in [-0.2, 0) is 19.4 Å². The molecule has 6 heteroatoms. The molecule has 0 unspecified atom stereocenters. The van der Waals surface area contributed by atoms with E-state index in [9.17, 15) is 5.26 Å². The summed E-state index contributed by atoms with van der Waals surface area (Å²) in [4.78, 5) is 4.58. The van der Waals surface area contributed by atoms with Gasteiger partial charge in [0.15, 0.2) is 0 Å². The van der Waals surface area contributed by atoms with Gasteiger partial charge in [0.1, 0.15) is 23.1 Å². The Labute approximate surface area is 195 Å². The number of halogens is 1. The van der Waals surface area contributed by atoms with Gasteiger partial charge in [0.05, 0.1) is 6.54 Å². The fourth-order valence-electron chi connectivity index (χ4n) is 4.44. The second-order valence-electron chi connectivity index (χ2n) is 8.07. The van der Waals surface area contributed by atoms with Crippen molar-refractivity contribution in [3.63, 3.8) is 0 Å². The molecule has 5 nitrogen and oxygen atoms in total. The van der Waals surface area contributed by atoms with Crippen molar-refractivity contribution in [1.82, 2.24) is 14.8 Å². The summed E-state index contributed by atoms with van der Waals surface area (Å²) in [5.74, 6) is 0.308. The molecular formula is C26H22BrN5. The lowest BCUT2D eigenvalue weighted by molar-refractivity contribution is 0.669. The van der Waals surface area contributed by atoms with Crippen LogP contribution in [0.15, 0.2) is 65.3 Å². The molecular weight excluding hydrogens is 462 g/mol. The Hall–Kier alpha value is -3.43. The Morgan fingerprint density at radius 3 is 2.53 bits per heavy atom. The number of aromatic nitrogens is 3. The number of benzene rings is 2. The van der Waals surface area contributed by atoms with E-state index < -0.39 is 0 Å². The average molecular weight is 484 g/mol. The van der Waals surface area contributed by atoms with Gasteiger partial charge >= 0.3 is 0 Å². The molecule has 0 amide bonds. The molecule has 2 aromatic carbocycles. The second kappa shape index (κ2) is 8.60. The van der Waals surface area contributed by atoms with Gasteiger partial charge in [0.25, 0.3) is 0 Å². The van der Waals surface area contributed by atoms with Crippen LogP contribution in [0.5, 0.6) is 0 Å². The van der Waals surface area contributed by atoms with Crippen molar-refractivity contribution in [2.45, 2.75) is 32.2 Å². The number of pyridine rings is 1. The molecule has 0 bridgehead atoms. The van der Waals surface area contributed by atoms with Crippen LogP contribution in [0.1, 0.15) is 35.2 Å². The highest BCUT2D eigenvalue weighted by atomic mass is 79.9. The minimum absolute atomic E-state index is 0.308. The third-order valence-electron chi connectivity index (χ3n) is 5.95. The molecule has 32 heavy (non-hydrogen) atoms. The van der Waals surface area contributed by atoms with E-state index in [-0.39, 0.29) is 0 Å². The van der Waals surface area contributed by atoms with Gasteiger partial charge in [-0.3, -0.25) is 4.68 Å². The van der Waals surface area contributed by atoms with Gasteiger partial charge in [-0.15, -0.1) is 0 Å². The summed E-state index contributed by atoms with van der Waals surface area (Å²) >= 11 is 3.49. The summed E-state index contributed by atoms with van der Waals surface area (Å²) in [6.45, 7) is 0.637. The first-order valence-corrected chi connectivity index (χ1v) is 11.5. The molecule has 0 atom stereocenters. The first kappa shape index (κ1) is 20.5. The normalized spacial score (nSPS) is 12.9. The number of anilines is 1. The summed E-state index contributed by atoms with van der Waals surface area (Å²) in [5, 5.41) is 15.0. The van der Waals surface area contributed by atoms with Crippen molar-refractivity contribution in [1.29, 1.82) is 5.26 Å². The Balaban J connectivity index is 1.72. The zero-order valence-corrected chi connectivity index (χ0v) is 19.1. The fourth-order valence-corrected chi connectivity index (χ4v) is 4.71. The van der Waals surface area contributed by atoms with Crippen molar-refractivity contribution in [3.05, 3.63) is 87.7 Å². The van der Waals surface area contributed by atoms with Crippen LogP contribution in [0.4, 0.5) is 5.82 Å². The summed E-state index contributed by atoms with van der Waals surface area (Å²) in [6.07, 6.45) is 6.03. The van der Waals surface area contributed by atoms with Gasteiger partial charge in [-0.25, -0.2) is 4.98 Å². The van der Waals surface area contributed by atoms with E-state index in [0.29, 0.717) is 17.9 Å². The number of nitrogens with two attached hydrogens (primary N) is 1. The summed E-state index contributed by atoms with van der Waals surface area (Å²) in [5.41, 5.74) is 13.7. The van der Waals surface area contributed by atoms with Crippen LogP contribution in [0.2, 0.25) is 0 Å². The van der Waals surface area contributed by atoms with Crippen LogP contribution >= 0.6 is 15.9 Å². The van der Waals surface area contributed by atoms with Crippen LogP contribution < -0.4 is 5.73 Å². The third kappa shape index (κ3) is 3.80. The van der Waals surface area contributed by atoms with E-state index in [4.69, 9.17) is 10.8 Å². The average Bonchev–Trinajstić information content (AvgIpc) is 3.23. The molecule has 158 valence electrons. The monoisotopic (exact) mass is 483 g/mol. The van der Waals surface area contributed by atoms with Gasteiger partial charge in [0.2, 0.25) is 0 Å². The van der Waals surface area contributed by atoms with Gasteiger partial charge in [-0.1, -0.05) is 58.4 Å². The predicted molar refractivity (Wildman–Crippen MR) is 130 cm³/mol. The highest BCUT2D eigenvalue weighted by Gasteiger charge is 2.25. The highest BCUT2D eigenvalue weighted by molar-refractivity contribution is 9.10. The zero-order chi connectivity index (χ0) is 22.1. The fraction of sp³-hybridized carbons (Fsp3) is 0.192. The van der Waals surface area contributed by atoms with Gasteiger partial charge < -0.3 is 5.73 Å². The number of nitrogen functional groups attached to an aromatic ring is 1. The van der Waals surface area contributed by atoms with Crippen LogP contribution in [0, 0.1) is 11.3 Å². The first-order chi connectivity index (χ1) is 15.6. The number of hydrogen-bond donors (Lipinski definition) is 1. The Kier molecular flexibility index (Phi) is 5.50. The van der Waals surface area contributed by atoms with E-state index in [1.807, 2.05) is 35.0 Å². The van der Waals surface area contributed by atoms with E-state index in [2.05, 4.69) is 57.4 Å². The minimum atomic E-state index is 0.308. The zero-order valence-electron chi connectivity index (χ0n) is 17.6. The van der Waals surface area contributed by atoms with Gasteiger partial charge in [0, 0.05) is 33.1 Å². The maximum Gasteiger partial charge on any atom is 0.142 e. The number of nitriles is 1. The second-order valence-corrected chi connectivity index (χ2v) is 8.99. The lowest BCUT2D eigenvalue weighted by atomic mass is 9.86. The van der Waals surface area contributed by atoms with Crippen molar-refractivity contribution < 1.29 is 0 Å². The molecule has 0 spiro atoms. The molecule has 1 aliphatic rings. The Bertz CT molecular complexity index is 1320. The number of aryl methyl sites for hydroxylation is 1. The Morgan fingerprint density at radius 1 is 1.03 bits per heavy atom. The molecule has 2 aromatic heterocycles. The van der Waals surface area contributed by atoms with E-state index in [0.717, 1.165) is 69.4 Å². The third-order valence-corrected chi connectivity index (χ3v) is 6.48. The lowest BCUT2D eigenvalue weighted by Crippen LogP contribution is -2.12. The first-order valence-electron chi connectivity index (χ1n) is 10.7. The molecule has 1 aliphatic carbocycles. The number of rotatable bonds is 4. The molecule has 0 aliphatic heterocycles. The van der Waals surface area contributed by atoms with Crippen LogP contribution in [0.3, 0.4) is 0 Å². The Morgan fingerprint density at radius 2 is 1.78 bits per heavy atom. The molecule has 0 saturated carbocycles. The molecule has 0 fully saturated rings. The summed E-state index contributed by atoms with van der Waals surface area (Å²) in [7, 11) is 0. The van der Waals surface area contributed by atoms with E-state index >= 15 is 0 Å². The minimum Gasteiger partial charge on any atom is -0.383 e. The van der Waals surface area contributed by atoms with Crippen molar-refractivity contribution >= 4 is 21.7 Å². The number of hydrogen-bond acceptors (Lipinski definition) is 4. The molecule has 4 aromatic rings.